The van der Waals surface area contributed by atoms with Gasteiger partial charge in [0, 0.05) is 11.3 Å². The van der Waals surface area contributed by atoms with E-state index in [-0.39, 0.29) is 5.91 Å². The Morgan fingerprint density at radius 1 is 1.07 bits per heavy atom. The van der Waals surface area contributed by atoms with Crippen molar-refractivity contribution in [1.82, 2.24) is 10.2 Å². The maximum absolute atomic E-state index is 12.4. The molecule has 0 saturated carbocycles. The van der Waals surface area contributed by atoms with Gasteiger partial charge in [0.15, 0.2) is 4.34 Å². The Labute approximate surface area is 173 Å². The quantitative estimate of drug-likeness (QED) is 0.374. The number of benzene rings is 2. The van der Waals surface area contributed by atoms with Crippen LogP contribution in [0.2, 0.25) is 0 Å². The molecule has 0 fully saturated rings. The largest absolute Gasteiger partial charge is 0.497 e. The molecule has 7 heteroatoms. The fourth-order valence-electron chi connectivity index (χ4n) is 2.56. The number of nitrogens with one attached hydrogen (secondary N) is 1. The SMILES string of the molecule is CCCCc1ccc(C(=O)Nc2nnc(SCc3ccc(OC)cc3)s2)cc1. The minimum Gasteiger partial charge on any atom is -0.497 e. The number of amides is 1. The summed E-state index contributed by atoms with van der Waals surface area (Å²) < 4.78 is 5.99. The molecule has 2 aromatic carbocycles. The monoisotopic (exact) mass is 413 g/mol. The van der Waals surface area contributed by atoms with E-state index in [2.05, 4.69) is 22.4 Å². The Morgan fingerprint density at radius 2 is 1.79 bits per heavy atom. The maximum Gasteiger partial charge on any atom is 0.257 e. The highest BCUT2D eigenvalue weighted by atomic mass is 32.2. The van der Waals surface area contributed by atoms with Crippen molar-refractivity contribution in [2.45, 2.75) is 36.3 Å². The minimum atomic E-state index is -0.162. The summed E-state index contributed by atoms with van der Waals surface area (Å²) >= 11 is 2.97. The lowest BCUT2D eigenvalue weighted by Crippen LogP contribution is -2.11. The van der Waals surface area contributed by atoms with Gasteiger partial charge in [0.25, 0.3) is 5.91 Å². The molecule has 5 nitrogen and oxygen atoms in total. The number of nitrogens with zero attached hydrogens (tertiary/aromatic N) is 2. The van der Waals surface area contributed by atoms with Crippen LogP contribution in [0.25, 0.3) is 0 Å². The third kappa shape index (κ3) is 5.81. The van der Waals surface area contributed by atoms with Gasteiger partial charge in [-0.25, -0.2) is 0 Å². The van der Waals surface area contributed by atoms with E-state index in [1.807, 2.05) is 48.5 Å². The number of unbranched alkanes of at least 4 members (excludes halogenated alkanes) is 1. The Hall–Kier alpha value is -2.38. The molecule has 1 aromatic heterocycles. The summed E-state index contributed by atoms with van der Waals surface area (Å²) in [6.45, 7) is 2.17. The summed E-state index contributed by atoms with van der Waals surface area (Å²) in [6.07, 6.45) is 3.37. The third-order valence-electron chi connectivity index (χ3n) is 4.18. The van der Waals surface area contributed by atoms with Crippen LogP contribution in [0.5, 0.6) is 5.75 Å². The van der Waals surface area contributed by atoms with E-state index in [1.165, 1.54) is 22.5 Å². The molecule has 0 spiro atoms. The normalized spacial score (nSPS) is 10.6. The third-order valence-corrected chi connectivity index (χ3v) is 6.23. The predicted molar refractivity (Wildman–Crippen MR) is 115 cm³/mol. The summed E-state index contributed by atoms with van der Waals surface area (Å²) in [5.41, 5.74) is 3.06. The molecule has 0 aliphatic carbocycles. The highest BCUT2D eigenvalue weighted by Crippen LogP contribution is 2.29. The lowest BCUT2D eigenvalue weighted by atomic mass is 10.1. The molecule has 0 radical (unpaired) electrons. The van der Waals surface area contributed by atoms with Crippen molar-refractivity contribution in [3.63, 3.8) is 0 Å². The molecule has 146 valence electrons. The first-order chi connectivity index (χ1) is 13.7. The van der Waals surface area contributed by atoms with Gasteiger partial charge in [0.05, 0.1) is 7.11 Å². The number of anilines is 1. The van der Waals surface area contributed by atoms with E-state index in [1.54, 1.807) is 18.9 Å². The number of hydrogen-bond donors (Lipinski definition) is 1. The summed E-state index contributed by atoms with van der Waals surface area (Å²) in [6, 6.07) is 15.7. The van der Waals surface area contributed by atoms with Gasteiger partial charge in [0.1, 0.15) is 5.75 Å². The number of thioether (sulfide) groups is 1. The van der Waals surface area contributed by atoms with Crippen molar-refractivity contribution in [3.05, 3.63) is 65.2 Å². The molecule has 0 aliphatic rings. The van der Waals surface area contributed by atoms with Crippen LogP contribution in [-0.4, -0.2) is 23.2 Å². The van der Waals surface area contributed by atoms with E-state index in [4.69, 9.17) is 4.74 Å². The molecule has 1 amide bonds. The number of hydrogen-bond acceptors (Lipinski definition) is 6. The molecular weight excluding hydrogens is 390 g/mol. The van der Waals surface area contributed by atoms with Crippen molar-refractivity contribution < 1.29 is 9.53 Å². The first kappa shape index (κ1) is 20.4. The highest BCUT2D eigenvalue weighted by Gasteiger charge is 2.11. The average Bonchev–Trinajstić information content (AvgIpc) is 3.18. The molecular formula is C21H23N3O2S2. The number of carbonyl (C=O) groups excluding carboxylic acids is 1. The molecule has 1 N–H and O–H groups in total. The zero-order valence-electron chi connectivity index (χ0n) is 16.0. The lowest BCUT2D eigenvalue weighted by molar-refractivity contribution is 0.102. The topological polar surface area (TPSA) is 64.1 Å². The second-order valence-electron chi connectivity index (χ2n) is 6.26. The molecule has 0 aliphatic heterocycles. The Morgan fingerprint density at radius 3 is 2.46 bits per heavy atom. The van der Waals surface area contributed by atoms with E-state index < -0.39 is 0 Å². The van der Waals surface area contributed by atoms with Crippen molar-refractivity contribution in [1.29, 1.82) is 0 Å². The summed E-state index contributed by atoms with van der Waals surface area (Å²) in [4.78, 5) is 12.4. The molecule has 0 unspecified atom stereocenters. The molecule has 28 heavy (non-hydrogen) atoms. The van der Waals surface area contributed by atoms with Crippen LogP contribution in [0.4, 0.5) is 5.13 Å². The van der Waals surface area contributed by atoms with Crippen molar-refractivity contribution in [2.24, 2.45) is 0 Å². The number of rotatable bonds is 9. The highest BCUT2D eigenvalue weighted by molar-refractivity contribution is 8.00. The van der Waals surface area contributed by atoms with Gasteiger partial charge in [-0.1, -0.05) is 60.7 Å². The van der Waals surface area contributed by atoms with E-state index in [0.29, 0.717) is 10.7 Å². The van der Waals surface area contributed by atoms with Gasteiger partial charge in [0.2, 0.25) is 5.13 Å². The van der Waals surface area contributed by atoms with Gasteiger partial charge >= 0.3 is 0 Å². The Kier molecular flexibility index (Phi) is 7.45. The van der Waals surface area contributed by atoms with E-state index in [9.17, 15) is 4.79 Å². The first-order valence-electron chi connectivity index (χ1n) is 9.17. The fraction of sp³-hybridized carbons (Fsp3) is 0.286. The molecule has 1 heterocycles. The zero-order valence-corrected chi connectivity index (χ0v) is 17.6. The van der Waals surface area contributed by atoms with Gasteiger partial charge in [-0.2, -0.15) is 0 Å². The van der Waals surface area contributed by atoms with Gasteiger partial charge in [-0.15, -0.1) is 10.2 Å². The number of carbonyl (C=O) groups is 1. The Bertz CT molecular complexity index is 893. The van der Waals surface area contributed by atoms with E-state index in [0.717, 1.165) is 35.1 Å². The number of ether oxygens (including phenoxy) is 1. The second-order valence-corrected chi connectivity index (χ2v) is 8.46. The van der Waals surface area contributed by atoms with Gasteiger partial charge < -0.3 is 4.74 Å². The predicted octanol–water partition coefficient (Wildman–Crippen LogP) is 5.43. The Balaban J connectivity index is 1.52. The average molecular weight is 414 g/mol. The zero-order chi connectivity index (χ0) is 19.8. The minimum absolute atomic E-state index is 0.162. The van der Waals surface area contributed by atoms with Crippen LogP contribution >= 0.6 is 23.1 Å². The number of methoxy groups -OCH3 is 1. The summed E-state index contributed by atoms with van der Waals surface area (Å²) in [5.74, 6) is 1.46. The second kappa shape index (κ2) is 10.2. The van der Waals surface area contributed by atoms with E-state index >= 15 is 0 Å². The maximum atomic E-state index is 12.4. The number of aromatic nitrogens is 2. The van der Waals surface area contributed by atoms with Crippen LogP contribution < -0.4 is 10.1 Å². The van der Waals surface area contributed by atoms with Crippen LogP contribution in [0.1, 0.15) is 41.3 Å². The smallest absolute Gasteiger partial charge is 0.257 e. The van der Waals surface area contributed by atoms with Crippen LogP contribution in [-0.2, 0) is 12.2 Å². The van der Waals surface area contributed by atoms with Crippen LogP contribution in [0.15, 0.2) is 52.9 Å². The van der Waals surface area contributed by atoms with Crippen LogP contribution in [0.3, 0.4) is 0 Å². The van der Waals surface area contributed by atoms with Crippen LogP contribution in [0, 0.1) is 0 Å². The summed E-state index contributed by atoms with van der Waals surface area (Å²) in [5, 5.41) is 11.6. The van der Waals surface area contributed by atoms with Gasteiger partial charge in [-0.05, 0) is 48.2 Å². The molecule has 3 rings (SSSR count). The molecule has 3 aromatic rings. The lowest BCUT2D eigenvalue weighted by Gasteiger charge is -2.03. The summed E-state index contributed by atoms with van der Waals surface area (Å²) in [7, 11) is 1.65. The number of aryl methyl sites for hydroxylation is 1. The van der Waals surface area contributed by atoms with Gasteiger partial charge in [-0.3, -0.25) is 10.1 Å². The van der Waals surface area contributed by atoms with Crippen molar-refractivity contribution in [3.8, 4) is 5.75 Å². The van der Waals surface area contributed by atoms with Crippen molar-refractivity contribution in [2.75, 3.05) is 12.4 Å². The molecule has 0 atom stereocenters. The fourth-order valence-corrected chi connectivity index (χ4v) is 4.26. The molecule has 0 bridgehead atoms. The first-order valence-corrected chi connectivity index (χ1v) is 11.0. The molecule has 0 saturated heterocycles. The van der Waals surface area contributed by atoms with Crippen molar-refractivity contribution >= 4 is 34.1 Å². The standard InChI is InChI=1S/C21H23N3O2S2/c1-3-4-5-15-6-10-17(11-7-15)19(25)22-20-23-24-21(28-20)27-14-16-8-12-18(26-2)13-9-16/h6-13H,3-5,14H2,1-2H3,(H,22,23,25).